The zero-order valence-corrected chi connectivity index (χ0v) is 13.1. The number of carbonyl (C=O) groups excluding carboxylic acids is 1. The van der Waals surface area contributed by atoms with Crippen molar-refractivity contribution >= 4 is 5.78 Å². The van der Waals surface area contributed by atoms with Crippen LogP contribution in [0.5, 0.6) is 0 Å². The molecule has 0 amide bonds. The van der Waals surface area contributed by atoms with Gasteiger partial charge in [-0.25, -0.2) is 0 Å². The van der Waals surface area contributed by atoms with Gasteiger partial charge >= 0.3 is 0 Å². The highest BCUT2D eigenvalue weighted by Gasteiger charge is 2.23. The first-order valence-corrected chi connectivity index (χ1v) is 8.26. The van der Waals surface area contributed by atoms with E-state index in [9.17, 15) is 4.79 Å². The third kappa shape index (κ3) is 6.56. The van der Waals surface area contributed by atoms with E-state index in [-0.39, 0.29) is 0 Å². The number of Topliss-reactive ketones (excluding diaryl/α,β-unsaturated/α-hetero) is 1. The topological polar surface area (TPSA) is 26.3 Å². The van der Waals surface area contributed by atoms with Crippen LogP contribution in [0.3, 0.4) is 0 Å². The lowest BCUT2D eigenvalue weighted by Gasteiger charge is -2.16. The first-order chi connectivity index (χ1) is 9.17. The van der Waals surface area contributed by atoms with E-state index in [2.05, 4.69) is 20.8 Å². The molecule has 0 N–H and O–H groups in total. The van der Waals surface area contributed by atoms with Gasteiger partial charge < -0.3 is 4.74 Å². The maximum atomic E-state index is 11.9. The summed E-state index contributed by atoms with van der Waals surface area (Å²) in [5.41, 5.74) is 0. The Morgan fingerprint density at radius 2 is 2.11 bits per heavy atom. The predicted octanol–water partition coefficient (Wildman–Crippen LogP) is 4.61. The summed E-state index contributed by atoms with van der Waals surface area (Å²) >= 11 is 0. The lowest BCUT2D eigenvalue weighted by molar-refractivity contribution is -0.125. The van der Waals surface area contributed by atoms with E-state index in [1.54, 1.807) is 0 Å². The summed E-state index contributed by atoms with van der Waals surface area (Å²) in [5, 5.41) is 0. The van der Waals surface area contributed by atoms with Crippen LogP contribution in [-0.4, -0.2) is 19.0 Å². The van der Waals surface area contributed by atoms with E-state index in [4.69, 9.17) is 4.74 Å². The maximum Gasteiger partial charge on any atom is 0.158 e. The molecule has 0 bridgehead atoms. The fourth-order valence-electron chi connectivity index (χ4n) is 3.12. The van der Waals surface area contributed by atoms with Crippen molar-refractivity contribution in [1.82, 2.24) is 0 Å². The summed E-state index contributed by atoms with van der Waals surface area (Å²) in [6.45, 7) is 7.83. The van der Waals surface area contributed by atoms with Crippen LogP contribution in [0.25, 0.3) is 0 Å². The van der Waals surface area contributed by atoms with Crippen molar-refractivity contribution in [3.63, 3.8) is 0 Å². The van der Waals surface area contributed by atoms with Crippen LogP contribution in [0.15, 0.2) is 0 Å². The van der Waals surface area contributed by atoms with Crippen LogP contribution in [0.1, 0.15) is 72.1 Å². The number of carbonyl (C=O) groups is 1. The van der Waals surface area contributed by atoms with Crippen LogP contribution in [0.2, 0.25) is 0 Å². The van der Waals surface area contributed by atoms with Gasteiger partial charge in [0.25, 0.3) is 0 Å². The summed E-state index contributed by atoms with van der Waals surface area (Å²) in [7, 11) is 0. The minimum atomic E-state index is 0.300. The van der Waals surface area contributed by atoms with Gasteiger partial charge in [0.15, 0.2) is 5.78 Å². The second-order valence-corrected chi connectivity index (χ2v) is 6.34. The van der Waals surface area contributed by atoms with Gasteiger partial charge in [-0.05, 0) is 24.2 Å². The second-order valence-electron chi connectivity index (χ2n) is 6.34. The Morgan fingerprint density at radius 3 is 2.68 bits per heavy atom. The molecule has 0 spiro atoms. The largest absolute Gasteiger partial charge is 0.373 e. The van der Waals surface area contributed by atoms with E-state index < -0.39 is 0 Å². The highest BCUT2D eigenvalue weighted by Crippen LogP contribution is 2.31. The fourth-order valence-corrected chi connectivity index (χ4v) is 3.12. The molecule has 1 fully saturated rings. The summed E-state index contributed by atoms with van der Waals surface area (Å²) in [6.07, 6.45) is 9.44. The average molecular weight is 268 g/mol. The number of ketones is 1. The second kappa shape index (κ2) is 9.52. The van der Waals surface area contributed by atoms with Crippen LogP contribution < -0.4 is 0 Å². The zero-order chi connectivity index (χ0) is 14.1. The van der Waals surface area contributed by atoms with Crippen molar-refractivity contribution in [2.24, 2.45) is 17.8 Å². The van der Waals surface area contributed by atoms with Gasteiger partial charge in [0.1, 0.15) is 6.61 Å². The SMILES string of the molecule is CCCCC(CC)CC(=O)COCC1CCCC1C. The average Bonchev–Trinajstić information content (AvgIpc) is 2.80. The molecule has 1 aliphatic carbocycles. The van der Waals surface area contributed by atoms with E-state index >= 15 is 0 Å². The van der Waals surface area contributed by atoms with Gasteiger partial charge in [-0.2, -0.15) is 0 Å². The quantitative estimate of drug-likeness (QED) is 0.578. The minimum Gasteiger partial charge on any atom is -0.373 e. The predicted molar refractivity (Wildman–Crippen MR) is 80.3 cm³/mol. The minimum absolute atomic E-state index is 0.300. The molecule has 2 heteroatoms. The molecule has 1 rings (SSSR count). The van der Waals surface area contributed by atoms with Crippen LogP contribution in [0, 0.1) is 17.8 Å². The molecule has 1 aliphatic rings. The van der Waals surface area contributed by atoms with Crippen molar-refractivity contribution in [3.8, 4) is 0 Å². The summed E-state index contributed by atoms with van der Waals surface area (Å²) in [5.74, 6) is 2.34. The number of unbranched alkanes of at least 4 members (excludes halogenated alkanes) is 1. The van der Waals surface area contributed by atoms with Gasteiger partial charge in [0, 0.05) is 6.42 Å². The Labute approximate surface area is 119 Å². The molecule has 19 heavy (non-hydrogen) atoms. The number of hydrogen-bond donors (Lipinski definition) is 0. The fraction of sp³-hybridized carbons (Fsp3) is 0.941. The molecule has 3 atom stereocenters. The van der Waals surface area contributed by atoms with E-state index in [1.807, 2.05) is 0 Å². The van der Waals surface area contributed by atoms with Gasteiger partial charge in [0.2, 0.25) is 0 Å². The Bertz CT molecular complexity index is 250. The van der Waals surface area contributed by atoms with Crippen LogP contribution in [0.4, 0.5) is 0 Å². The molecular formula is C17H32O2. The lowest BCUT2D eigenvalue weighted by atomic mass is 9.94. The molecule has 0 aromatic carbocycles. The van der Waals surface area contributed by atoms with Gasteiger partial charge in [0.05, 0.1) is 6.61 Å². The van der Waals surface area contributed by atoms with Crippen molar-refractivity contribution in [2.45, 2.75) is 72.1 Å². The molecule has 0 heterocycles. The van der Waals surface area contributed by atoms with Crippen molar-refractivity contribution in [3.05, 3.63) is 0 Å². The Hall–Kier alpha value is -0.370. The Balaban J connectivity index is 2.12. The van der Waals surface area contributed by atoms with E-state index in [0.29, 0.717) is 24.2 Å². The van der Waals surface area contributed by atoms with Crippen molar-refractivity contribution in [2.75, 3.05) is 13.2 Å². The highest BCUT2D eigenvalue weighted by atomic mass is 16.5. The standard InChI is InChI=1S/C17H32O2/c1-4-6-9-15(5-2)11-17(18)13-19-12-16-10-7-8-14(16)3/h14-16H,4-13H2,1-3H3. The van der Waals surface area contributed by atoms with Gasteiger partial charge in [-0.3, -0.25) is 4.79 Å². The summed E-state index contributed by atoms with van der Waals surface area (Å²) < 4.78 is 5.65. The maximum absolute atomic E-state index is 11.9. The smallest absolute Gasteiger partial charge is 0.158 e. The molecule has 1 saturated carbocycles. The third-order valence-corrected chi connectivity index (χ3v) is 4.69. The summed E-state index contributed by atoms with van der Waals surface area (Å²) in [4.78, 5) is 11.9. The molecule has 0 aromatic rings. The zero-order valence-electron chi connectivity index (χ0n) is 13.1. The van der Waals surface area contributed by atoms with E-state index in [1.165, 1.54) is 38.5 Å². The third-order valence-electron chi connectivity index (χ3n) is 4.69. The Kier molecular flexibility index (Phi) is 8.36. The van der Waals surface area contributed by atoms with Gasteiger partial charge in [-0.15, -0.1) is 0 Å². The summed E-state index contributed by atoms with van der Waals surface area (Å²) in [6, 6.07) is 0. The van der Waals surface area contributed by atoms with Crippen molar-refractivity contribution < 1.29 is 9.53 Å². The Morgan fingerprint density at radius 1 is 1.32 bits per heavy atom. The molecule has 2 nitrogen and oxygen atoms in total. The number of rotatable bonds is 10. The monoisotopic (exact) mass is 268 g/mol. The molecule has 0 aliphatic heterocycles. The van der Waals surface area contributed by atoms with Gasteiger partial charge in [-0.1, -0.05) is 59.3 Å². The first kappa shape index (κ1) is 16.7. The number of hydrogen-bond acceptors (Lipinski definition) is 2. The molecule has 112 valence electrons. The van der Waals surface area contributed by atoms with Crippen LogP contribution >= 0.6 is 0 Å². The van der Waals surface area contributed by atoms with Crippen LogP contribution in [-0.2, 0) is 9.53 Å². The molecule has 0 saturated heterocycles. The molecular weight excluding hydrogens is 236 g/mol. The molecule has 0 aromatic heterocycles. The normalized spacial score (nSPS) is 24.6. The molecule has 3 unspecified atom stereocenters. The first-order valence-electron chi connectivity index (χ1n) is 8.26. The van der Waals surface area contributed by atoms with Crippen molar-refractivity contribution in [1.29, 1.82) is 0 Å². The number of ether oxygens (including phenoxy) is 1. The molecule has 0 radical (unpaired) electrons. The van der Waals surface area contributed by atoms with E-state index in [0.717, 1.165) is 25.4 Å². The highest BCUT2D eigenvalue weighted by molar-refractivity contribution is 5.79. The lowest BCUT2D eigenvalue weighted by Crippen LogP contribution is -2.18.